The first-order valence-corrected chi connectivity index (χ1v) is 22.0. The second-order valence-electron chi connectivity index (χ2n) is 19.7. The smallest absolute Gasteiger partial charge is 0.147 e. The lowest BCUT2D eigenvalue weighted by molar-refractivity contribution is 0.165. The van der Waals surface area contributed by atoms with Crippen LogP contribution >= 0.6 is 0 Å². The quantitative estimate of drug-likeness (QED) is 0.168. The summed E-state index contributed by atoms with van der Waals surface area (Å²) in [5.74, 6) is 5.66. The van der Waals surface area contributed by atoms with Gasteiger partial charge in [-0.15, -0.1) is 0 Å². The summed E-state index contributed by atoms with van der Waals surface area (Å²) in [6.07, 6.45) is 17.9. The molecular weight excluding hydrogens is 699 g/mol. The molecule has 4 fully saturated rings. The van der Waals surface area contributed by atoms with Crippen molar-refractivity contribution in [1.82, 2.24) is 14.4 Å². The molecule has 8 bridgehead atoms. The molecule has 0 aliphatic heterocycles. The highest BCUT2D eigenvalue weighted by Gasteiger charge is 2.46. The average Bonchev–Trinajstić information content (AvgIpc) is 3.91. The van der Waals surface area contributed by atoms with Crippen LogP contribution in [-0.4, -0.2) is 14.4 Å². The third-order valence-electron chi connectivity index (χ3n) is 16.8. The summed E-state index contributed by atoms with van der Waals surface area (Å²) in [5.41, 5.74) is 15.8. The monoisotopic (exact) mass is 739 g/mol. The molecule has 0 N–H and O–H groups in total. The number of pyridine rings is 2. The highest BCUT2D eigenvalue weighted by Crippen LogP contribution is 2.61. The summed E-state index contributed by atoms with van der Waals surface area (Å²) < 4.78 is 16.5. The highest BCUT2D eigenvalue weighted by atomic mass is 16.3. The van der Waals surface area contributed by atoms with Crippen LogP contribution in [0.2, 0.25) is 0 Å². The van der Waals surface area contributed by atoms with E-state index >= 15 is 0 Å². The summed E-state index contributed by atoms with van der Waals surface area (Å²) in [6, 6.07) is 24.5. The third-order valence-corrected chi connectivity index (χ3v) is 16.8. The van der Waals surface area contributed by atoms with Crippen molar-refractivity contribution in [3.63, 3.8) is 0 Å². The van der Waals surface area contributed by atoms with Crippen molar-refractivity contribution < 1.29 is 8.83 Å². The van der Waals surface area contributed by atoms with Crippen LogP contribution in [0.1, 0.15) is 110 Å². The number of hydrogen-bond acceptors (Lipinski definition) is 4. The van der Waals surface area contributed by atoms with E-state index in [2.05, 4.69) is 83.5 Å². The summed E-state index contributed by atoms with van der Waals surface area (Å²) >= 11 is 0. The maximum atomic E-state index is 6.95. The van der Waals surface area contributed by atoms with E-state index in [-0.39, 0.29) is 0 Å². The summed E-state index contributed by atoms with van der Waals surface area (Å²) in [4.78, 5) is 11.0. The topological polar surface area (TPSA) is 56.5 Å². The zero-order chi connectivity index (χ0) is 36.4. The Kier molecular flexibility index (Phi) is 5.22. The van der Waals surface area contributed by atoms with Crippen LogP contribution in [0.5, 0.6) is 0 Å². The Morgan fingerprint density at radius 1 is 0.474 bits per heavy atom. The fraction of sp³-hybridized carbons (Fsp3) is 0.346. The molecule has 4 aromatic carbocycles. The van der Waals surface area contributed by atoms with E-state index in [1.165, 1.54) is 119 Å². The van der Waals surface area contributed by atoms with Crippen molar-refractivity contribution in [2.45, 2.75) is 87.9 Å². The Bertz CT molecular complexity index is 3210. The normalized spacial score (nSPS) is 28.7. The van der Waals surface area contributed by atoms with E-state index < -0.39 is 0 Å². The third kappa shape index (κ3) is 3.58. The summed E-state index contributed by atoms with van der Waals surface area (Å²) in [6.45, 7) is 0. The zero-order valence-electron chi connectivity index (χ0n) is 31.9. The van der Waals surface area contributed by atoms with Gasteiger partial charge >= 0.3 is 0 Å². The van der Waals surface area contributed by atoms with Crippen molar-refractivity contribution in [2.24, 2.45) is 23.7 Å². The molecule has 4 saturated carbocycles. The highest BCUT2D eigenvalue weighted by molar-refractivity contribution is 6.28. The minimum Gasteiger partial charge on any atom is -0.455 e. The zero-order valence-corrected chi connectivity index (χ0v) is 31.9. The number of rotatable bonds is 1. The molecule has 57 heavy (non-hydrogen) atoms. The molecule has 4 unspecified atom stereocenters. The number of aromatic nitrogens is 3. The lowest BCUT2D eigenvalue weighted by Gasteiger charge is -2.38. The predicted octanol–water partition coefficient (Wildman–Crippen LogP) is 13.9. The van der Waals surface area contributed by atoms with Gasteiger partial charge in [0.25, 0.3) is 0 Å². The fourth-order valence-corrected chi connectivity index (χ4v) is 15.1. The number of para-hydroxylation sites is 2. The fourth-order valence-electron chi connectivity index (χ4n) is 15.1. The Labute approximate surface area is 328 Å². The van der Waals surface area contributed by atoms with Gasteiger partial charge in [0.2, 0.25) is 0 Å². The van der Waals surface area contributed by atoms with Crippen molar-refractivity contribution in [3.05, 3.63) is 102 Å². The van der Waals surface area contributed by atoms with Crippen molar-refractivity contribution in [1.29, 1.82) is 0 Å². The second-order valence-corrected chi connectivity index (χ2v) is 19.7. The molecule has 4 atom stereocenters. The SMILES string of the molecule is c1ccc2c(c1)oc1c(-c3cc4c5c6c(ncc5n5c7cnc8c(c7c(c3)c45)C3CC4CC(CC8C4)C3)C3CC4CC(C3)CC6C4)c3oc4ccccc4c3cc12. The molecule has 0 saturated heterocycles. The van der Waals surface area contributed by atoms with Gasteiger partial charge in [-0.1, -0.05) is 36.4 Å². The van der Waals surface area contributed by atoms with Crippen LogP contribution in [0.3, 0.4) is 0 Å². The molecule has 10 aromatic rings. The molecule has 5 nitrogen and oxygen atoms in total. The van der Waals surface area contributed by atoms with Crippen LogP contribution in [0.4, 0.5) is 0 Å². The van der Waals surface area contributed by atoms with Gasteiger partial charge in [0.1, 0.15) is 22.3 Å². The Balaban J connectivity index is 1.11. The Morgan fingerprint density at radius 3 is 1.42 bits per heavy atom. The molecule has 18 rings (SSSR count). The van der Waals surface area contributed by atoms with Gasteiger partial charge < -0.3 is 13.2 Å². The maximum absolute atomic E-state index is 6.95. The molecule has 0 spiro atoms. The molecule has 8 aliphatic rings. The van der Waals surface area contributed by atoms with E-state index in [0.717, 1.165) is 73.1 Å². The van der Waals surface area contributed by atoms with Crippen LogP contribution in [0.25, 0.3) is 93.1 Å². The van der Waals surface area contributed by atoms with E-state index in [4.69, 9.17) is 18.8 Å². The van der Waals surface area contributed by atoms with Gasteiger partial charge in [-0.25, -0.2) is 0 Å². The van der Waals surface area contributed by atoms with Gasteiger partial charge in [0.15, 0.2) is 0 Å². The first kappa shape index (κ1) is 29.8. The Hall–Kier alpha value is -5.42. The molecule has 6 heterocycles. The predicted molar refractivity (Wildman–Crippen MR) is 228 cm³/mol. The second kappa shape index (κ2) is 9.99. The number of benzene rings is 4. The van der Waals surface area contributed by atoms with Gasteiger partial charge in [0.05, 0.1) is 34.5 Å². The standard InChI is InChI=1S/C52H41N3O2/c1-3-7-41-33(5-1)35-21-36-34-6-2-4-8-42(34)57-52(36)45(51(35)56-41)30-19-37-46-39(22-53-48-31-15-24-9-25(16-31)12-28(11-24)43(46)48)55-40-23-54-49-32-17-26-10-27(18-32)14-29(13-26)44(49)47(40)38(20-30)50(37)55/h1-8,19-29,31-32H,9-18H2. The van der Waals surface area contributed by atoms with Crippen LogP contribution in [-0.2, 0) is 0 Å². The molecule has 0 radical (unpaired) electrons. The van der Waals surface area contributed by atoms with E-state index in [1.54, 1.807) is 11.1 Å². The van der Waals surface area contributed by atoms with E-state index in [9.17, 15) is 0 Å². The van der Waals surface area contributed by atoms with Gasteiger partial charge in [-0.3, -0.25) is 9.97 Å². The molecule has 6 aromatic heterocycles. The van der Waals surface area contributed by atoms with Crippen molar-refractivity contribution in [2.75, 3.05) is 0 Å². The Morgan fingerprint density at radius 2 is 0.930 bits per heavy atom. The largest absolute Gasteiger partial charge is 0.455 e. The summed E-state index contributed by atoms with van der Waals surface area (Å²) in [7, 11) is 0. The number of hydrogen-bond donors (Lipinski definition) is 0. The lowest BCUT2D eigenvalue weighted by atomic mass is 9.67. The molecule has 276 valence electrons. The van der Waals surface area contributed by atoms with E-state index in [0.29, 0.717) is 23.7 Å². The average molecular weight is 740 g/mol. The van der Waals surface area contributed by atoms with Crippen LogP contribution < -0.4 is 0 Å². The van der Waals surface area contributed by atoms with Gasteiger partial charge in [0, 0.05) is 66.3 Å². The minimum absolute atomic E-state index is 0.578. The molecule has 8 aliphatic carbocycles. The molecular formula is C52H41N3O2. The first-order valence-electron chi connectivity index (χ1n) is 22.0. The summed E-state index contributed by atoms with van der Waals surface area (Å²) in [5, 5.41) is 10.3. The molecule has 5 heteroatoms. The number of nitrogens with zero attached hydrogens (tertiary/aromatic N) is 3. The van der Waals surface area contributed by atoms with E-state index in [1.807, 2.05) is 0 Å². The van der Waals surface area contributed by atoms with Crippen LogP contribution in [0.15, 0.2) is 88.0 Å². The lowest BCUT2D eigenvalue weighted by Crippen LogP contribution is -2.25. The van der Waals surface area contributed by atoms with Crippen molar-refractivity contribution in [3.8, 4) is 11.1 Å². The number of fused-ring (bicyclic) bond motifs is 12. The molecule has 0 amide bonds. The van der Waals surface area contributed by atoms with Crippen LogP contribution in [0, 0.1) is 23.7 Å². The first-order chi connectivity index (χ1) is 28.2. The minimum atomic E-state index is 0.578. The van der Waals surface area contributed by atoms with Gasteiger partial charge in [-0.05, 0) is 147 Å². The van der Waals surface area contributed by atoms with Crippen molar-refractivity contribution >= 4 is 82.0 Å². The van der Waals surface area contributed by atoms with Gasteiger partial charge in [-0.2, -0.15) is 0 Å². The maximum Gasteiger partial charge on any atom is 0.147 e. The number of furan rings is 2.